The molecule has 26 heavy (non-hydrogen) atoms. The van der Waals surface area contributed by atoms with Crippen molar-refractivity contribution in [2.24, 2.45) is 0 Å². The van der Waals surface area contributed by atoms with E-state index in [0.29, 0.717) is 36.6 Å². The number of methoxy groups -OCH3 is 2. The molecule has 1 heterocycles. The van der Waals surface area contributed by atoms with Gasteiger partial charge < -0.3 is 19.7 Å². The smallest absolute Gasteiger partial charge is 0.255 e. The molecule has 1 saturated heterocycles. The van der Waals surface area contributed by atoms with Crippen molar-refractivity contribution in [1.82, 2.24) is 0 Å². The maximum atomic E-state index is 12.5. The van der Waals surface area contributed by atoms with Gasteiger partial charge in [-0.1, -0.05) is 12.1 Å². The molecule has 1 aliphatic heterocycles. The number of rotatable bonds is 6. The maximum Gasteiger partial charge on any atom is 0.255 e. The molecule has 0 radical (unpaired) electrons. The minimum Gasteiger partial charge on any atom is -0.494 e. The predicted octanol–water partition coefficient (Wildman–Crippen LogP) is 3.22. The van der Waals surface area contributed by atoms with Crippen LogP contribution >= 0.6 is 0 Å². The Hall–Kier alpha value is -2.86. The number of nitrogens with zero attached hydrogens (tertiary/aromatic N) is 1. The summed E-state index contributed by atoms with van der Waals surface area (Å²) in [6.45, 7) is 1.14. The van der Waals surface area contributed by atoms with Crippen molar-refractivity contribution in [3.8, 4) is 5.75 Å². The van der Waals surface area contributed by atoms with E-state index in [1.165, 1.54) is 0 Å². The Morgan fingerprint density at radius 1 is 1.19 bits per heavy atom. The number of carbonyl (C=O) groups excluding carboxylic acids is 2. The molecule has 2 aromatic carbocycles. The summed E-state index contributed by atoms with van der Waals surface area (Å²) in [6.07, 6.45) is 1.40. The van der Waals surface area contributed by atoms with Crippen LogP contribution in [0.1, 0.15) is 28.8 Å². The van der Waals surface area contributed by atoms with Gasteiger partial charge in [-0.2, -0.15) is 0 Å². The molecule has 1 N–H and O–H groups in total. The Balaban J connectivity index is 1.78. The monoisotopic (exact) mass is 354 g/mol. The Morgan fingerprint density at radius 3 is 2.73 bits per heavy atom. The summed E-state index contributed by atoms with van der Waals surface area (Å²) in [7, 11) is 3.17. The van der Waals surface area contributed by atoms with Gasteiger partial charge in [-0.25, -0.2) is 0 Å². The number of ether oxygens (including phenoxy) is 2. The van der Waals surface area contributed by atoms with Crippen LogP contribution in [0.25, 0.3) is 0 Å². The fourth-order valence-electron chi connectivity index (χ4n) is 3.05. The molecule has 6 nitrogen and oxygen atoms in total. The molecule has 3 rings (SSSR count). The average Bonchev–Trinajstić information content (AvgIpc) is 3.08. The third kappa shape index (κ3) is 3.86. The molecule has 0 atom stereocenters. The predicted molar refractivity (Wildman–Crippen MR) is 99.7 cm³/mol. The number of hydrogen-bond acceptors (Lipinski definition) is 4. The first-order valence-corrected chi connectivity index (χ1v) is 8.50. The van der Waals surface area contributed by atoms with Gasteiger partial charge in [0, 0.05) is 37.4 Å². The number of amides is 2. The van der Waals surface area contributed by atoms with E-state index in [4.69, 9.17) is 9.47 Å². The largest absolute Gasteiger partial charge is 0.494 e. The fraction of sp³-hybridized carbons (Fsp3) is 0.300. The van der Waals surface area contributed by atoms with Crippen molar-refractivity contribution in [3.63, 3.8) is 0 Å². The van der Waals surface area contributed by atoms with Crippen molar-refractivity contribution >= 4 is 23.2 Å². The van der Waals surface area contributed by atoms with Gasteiger partial charge in [-0.05, 0) is 36.2 Å². The summed E-state index contributed by atoms with van der Waals surface area (Å²) in [5, 5.41) is 2.87. The summed E-state index contributed by atoms with van der Waals surface area (Å²) in [5.41, 5.74) is 2.83. The Bertz CT molecular complexity index is 819. The zero-order valence-corrected chi connectivity index (χ0v) is 15.0. The van der Waals surface area contributed by atoms with Crippen LogP contribution in [0.3, 0.4) is 0 Å². The summed E-state index contributed by atoms with van der Waals surface area (Å²) >= 11 is 0. The number of hydrogen-bond donors (Lipinski definition) is 1. The Labute approximate surface area is 152 Å². The van der Waals surface area contributed by atoms with Crippen molar-refractivity contribution < 1.29 is 19.1 Å². The molecule has 0 aromatic heterocycles. The van der Waals surface area contributed by atoms with E-state index in [0.717, 1.165) is 17.7 Å². The number of nitrogens with one attached hydrogen (secondary N) is 1. The van der Waals surface area contributed by atoms with Gasteiger partial charge in [0.05, 0.1) is 19.4 Å². The highest BCUT2D eigenvalue weighted by Crippen LogP contribution is 2.34. The lowest BCUT2D eigenvalue weighted by Crippen LogP contribution is -2.24. The molecule has 0 spiro atoms. The molecule has 136 valence electrons. The van der Waals surface area contributed by atoms with Gasteiger partial charge in [-0.15, -0.1) is 0 Å². The summed E-state index contributed by atoms with van der Waals surface area (Å²) in [5.74, 6) is 0.441. The molecular formula is C20H22N2O4. The second kappa shape index (κ2) is 8.01. The molecule has 2 amide bonds. The van der Waals surface area contributed by atoms with Gasteiger partial charge in [0.15, 0.2) is 0 Å². The summed E-state index contributed by atoms with van der Waals surface area (Å²) in [6, 6.07) is 12.6. The molecule has 0 bridgehead atoms. The van der Waals surface area contributed by atoms with Crippen molar-refractivity contribution in [2.75, 3.05) is 31.0 Å². The van der Waals surface area contributed by atoms with E-state index < -0.39 is 0 Å². The van der Waals surface area contributed by atoms with Crippen LogP contribution < -0.4 is 15.0 Å². The van der Waals surface area contributed by atoms with Gasteiger partial charge in [0.25, 0.3) is 5.91 Å². The van der Waals surface area contributed by atoms with Crippen LogP contribution in [0.5, 0.6) is 5.75 Å². The number of carbonyl (C=O) groups is 2. The highest BCUT2D eigenvalue weighted by atomic mass is 16.5. The normalized spacial score (nSPS) is 13.8. The maximum absolute atomic E-state index is 12.5. The van der Waals surface area contributed by atoms with Crippen molar-refractivity contribution in [1.29, 1.82) is 0 Å². The summed E-state index contributed by atoms with van der Waals surface area (Å²) < 4.78 is 10.5. The Kier molecular flexibility index (Phi) is 5.53. The summed E-state index contributed by atoms with van der Waals surface area (Å²) in [4.78, 5) is 26.2. The van der Waals surface area contributed by atoms with E-state index in [-0.39, 0.29) is 11.8 Å². The van der Waals surface area contributed by atoms with Crippen molar-refractivity contribution in [3.05, 3.63) is 53.6 Å². The van der Waals surface area contributed by atoms with Gasteiger partial charge in [0.1, 0.15) is 5.75 Å². The molecule has 0 aliphatic carbocycles. The number of benzene rings is 2. The molecular weight excluding hydrogens is 332 g/mol. The third-order valence-electron chi connectivity index (χ3n) is 4.30. The van der Waals surface area contributed by atoms with Crippen LogP contribution in [-0.4, -0.2) is 32.6 Å². The van der Waals surface area contributed by atoms with Crippen molar-refractivity contribution in [2.45, 2.75) is 19.4 Å². The highest BCUT2D eigenvalue weighted by Gasteiger charge is 2.24. The SMILES string of the molecule is COCc1cccc(C(=O)Nc2ccc(N3CCCC3=O)c(OC)c2)c1. The minimum absolute atomic E-state index is 0.0926. The van der Waals surface area contributed by atoms with Gasteiger partial charge >= 0.3 is 0 Å². The lowest BCUT2D eigenvalue weighted by Gasteiger charge is -2.19. The zero-order valence-electron chi connectivity index (χ0n) is 15.0. The second-order valence-corrected chi connectivity index (χ2v) is 6.12. The molecule has 0 unspecified atom stereocenters. The lowest BCUT2D eigenvalue weighted by atomic mass is 10.1. The molecule has 2 aromatic rings. The van der Waals surface area contributed by atoms with Crippen LogP contribution in [0.15, 0.2) is 42.5 Å². The molecule has 1 aliphatic rings. The second-order valence-electron chi connectivity index (χ2n) is 6.12. The van der Waals surface area contributed by atoms with E-state index in [2.05, 4.69) is 5.32 Å². The first-order valence-electron chi connectivity index (χ1n) is 8.50. The van der Waals surface area contributed by atoms with Gasteiger partial charge in [-0.3, -0.25) is 9.59 Å². The van der Waals surface area contributed by atoms with E-state index in [1.807, 2.05) is 12.1 Å². The third-order valence-corrected chi connectivity index (χ3v) is 4.30. The molecule has 6 heteroatoms. The van der Waals surface area contributed by atoms with Crippen LogP contribution in [0.4, 0.5) is 11.4 Å². The van der Waals surface area contributed by atoms with E-state index in [9.17, 15) is 9.59 Å². The minimum atomic E-state index is -0.213. The van der Waals surface area contributed by atoms with E-state index >= 15 is 0 Å². The van der Waals surface area contributed by atoms with Gasteiger partial charge in [0.2, 0.25) is 5.91 Å². The van der Waals surface area contributed by atoms with E-state index in [1.54, 1.807) is 49.5 Å². The Morgan fingerprint density at radius 2 is 2.04 bits per heavy atom. The first-order chi connectivity index (χ1) is 12.6. The quantitative estimate of drug-likeness (QED) is 0.865. The molecule has 0 saturated carbocycles. The first kappa shape index (κ1) is 17.9. The molecule has 1 fully saturated rings. The fourth-order valence-corrected chi connectivity index (χ4v) is 3.05. The van der Waals surface area contributed by atoms with Crippen LogP contribution in [0, 0.1) is 0 Å². The zero-order chi connectivity index (χ0) is 18.5. The standard InChI is InChI=1S/C20H22N2O4/c1-25-13-14-5-3-6-15(11-14)20(24)21-16-8-9-17(18(12-16)26-2)22-10-4-7-19(22)23/h3,5-6,8-9,11-12H,4,7,10,13H2,1-2H3,(H,21,24). The topological polar surface area (TPSA) is 67.9 Å². The lowest BCUT2D eigenvalue weighted by molar-refractivity contribution is -0.117. The average molecular weight is 354 g/mol. The van der Waals surface area contributed by atoms with Crippen LogP contribution in [0.2, 0.25) is 0 Å². The van der Waals surface area contributed by atoms with Crippen LogP contribution in [-0.2, 0) is 16.1 Å². The number of anilines is 2. The highest BCUT2D eigenvalue weighted by molar-refractivity contribution is 6.05.